The number of aliphatic hydroxyl groups excluding tert-OH is 1. The van der Waals surface area contributed by atoms with Crippen LogP contribution in [-0.2, 0) is 14.8 Å². The number of halogens is 1. The van der Waals surface area contributed by atoms with Crippen LogP contribution in [0.2, 0.25) is 0 Å². The normalized spacial score (nSPS) is 26.2. The van der Waals surface area contributed by atoms with Crippen molar-refractivity contribution < 1.29 is 27.4 Å². The van der Waals surface area contributed by atoms with Crippen LogP contribution < -0.4 is 9.46 Å². The van der Waals surface area contributed by atoms with Gasteiger partial charge in [-0.05, 0) is 38.3 Å². The van der Waals surface area contributed by atoms with Gasteiger partial charge in [-0.15, -0.1) is 0 Å². The second-order valence-electron chi connectivity index (χ2n) is 6.48. The zero-order valence-electron chi connectivity index (χ0n) is 13.7. The lowest BCUT2D eigenvalue weighted by atomic mass is 9.58. The van der Waals surface area contributed by atoms with E-state index in [4.69, 9.17) is 9.47 Å². The predicted octanol–water partition coefficient (Wildman–Crippen LogP) is 1.35. The van der Waals surface area contributed by atoms with Crippen molar-refractivity contribution in [2.75, 3.05) is 20.3 Å². The third kappa shape index (κ3) is 2.71. The van der Waals surface area contributed by atoms with Crippen molar-refractivity contribution in [3.63, 3.8) is 0 Å². The van der Waals surface area contributed by atoms with Crippen LogP contribution in [0.1, 0.15) is 24.8 Å². The zero-order valence-corrected chi connectivity index (χ0v) is 14.5. The maximum absolute atomic E-state index is 14.2. The molecule has 3 rings (SSSR count). The fraction of sp³-hybridized carbons (Fsp3) is 0.625. The largest absolute Gasteiger partial charge is 0.494 e. The molecule has 1 heterocycles. The molecule has 0 aromatic heterocycles. The van der Waals surface area contributed by atoms with E-state index in [1.807, 2.05) is 0 Å². The summed E-state index contributed by atoms with van der Waals surface area (Å²) in [7, 11) is -2.57. The Kier molecular flexibility index (Phi) is 4.59. The molecule has 2 aliphatic rings. The van der Waals surface area contributed by atoms with Crippen molar-refractivity contribution in [1.29, 1.82) is 0 Å². The number of benzene rings is 1. The minimum Gasteiger partial charge on any atom is -0.494 e. The van der Waals surface area contributed by atoms with Gasteiger partial charge in [0.2, 0.25) is 10.0 Å². The molecule has 2 N–H and O–H groups in total. The van der Waals surface area contributed by atoms with Crippen LogP contribution in [0.25, 0.3) is 0 Å². The second kappa shape index (κ2) is 6.25. The number of methoxy groups -OCH3 is 1. The SMILES string of the molecule is COc1ccc(S(=O)(=O)N[C@@H]2C[C@@H](O)C23CCOCC3)c(C)c1F. The van der Waals surface area contributed by atoms with Crippen LogP contribution in [0.5, 0.6) is 5.75 Å². The van der Waals surface area contributed by atoms with Gasteiger partial charge < -0.3 is 14.6 Å². The van der Waals surface area contributed by atoms with E-state index < -0.39 is 27.4 Å². The van der Waals surface area contributed by atoms with Gasteiger partial charge >= 0.3 is 0 Å². The van der Waals surface area contributed by atoms with Crippen molar-refractivity contribution in [3.8, 4) is 5.75 Å². The smallest absolute Gasteiger partial charge is 0.241 e. The molecule has 0 amide bonds. The molecule has 0 radical (unpaired) electrons. The van der Waals surface area contributed by atoms with Crippen molar-refractivity contribution >= 4 is 10.0 Å². The molecule has 0 unspecified atom stereocenters. The van der Waals surface area contributed by atoms with E-state index in [-0.39, 0.29) is 22.3 Å². The molecule has 1 spiro atoms. The average Bonchev–Trinajstić information content (AvgIpc) is 2.57. The van der Waals surface area contributed by atoms with E-state index in [1.165, 1.54) is 26.2 Å². The number of aliphatic hydroxyl groups is 1. The lowest BCUT2D eigenvalue weighted by molar-refractivity contribution is -0.143. The summed E-state index contributed by atoms with van der Waals surface area (Å²) in [5.74, 6) is -0.679. The molecule has 1 aromatic carbocycles. The average molecular weight is 359 g/mol. The first-order chi connectivity index (χ1) is 11.3. The second-order valence-corrected chi connectivity index (χ2v) is 8.16. The fourth-order valence-corrected chi connectivity index (χ4v) is 5.28. The summed E-state index contributed by atoms with van der Waals surface area (Å²) in [5, 5.41) is 10.2. The van der Waals surface area contributed by atoms with Crippen LogP contribution in [0.4, 0.5) is 4.39 Å². The molecule has 1 aliphatic carbocycles. The van der Waals surface area contributed by atoms with Gasteiger partial charge in [-0.25, -0.2) is 17.5 Å². The van der Waals surface area contributed by atoms with Gasteiger partial charge in [0.25, 0.3) is 0 Å². The summed E-state index contributed by atoms with van der Waals surface area (Å²) in [6.07, 6.45) is 1.04. The number of hydrogen-bond donors (Lipinski definition) is 2. The van der Waals surface area contributed by atoms with Crippen LogP contribution in [0, 0.1) is 18.2 Å². The highest BCUT2D eigenvalue weighted by molar-refractivity contribution is 7.89. The standard InChI is InChI=1S/C16H22FNO5S/c1-10-12(4-3-11(22-2)15(10)17)24(20,21)18-13-9-14(19)16(13)5-7-23-8-6-16/h3-4,13-14,18-19H,5-9H2,1-2H3/t13-,14-/m1/s1. The number of ether oxygens (including phenoxy) is 2. The summed E-state index contributed by atoms with van der Waals surface area (Å²) in [6.45, 7) is 2.42. The topological polar surface area (TPSA) is 84.9 Å². The first-order valence-electron chi connectivity index (χ1n) is 7.93. The third-order valence-corrected chi connectivity index (χ3v) is 6.96. The Bertz CT molecular complexity index is 730. The van der Waals surface area contributed by atoms with Gasteiger partial charge in [-0.2, -0.15) is 0 Å². The van der Waals surface area contributed by atoms with Gasteiger partial charge in [-0.1, -0.05) is 0 Å². The monoisotopic (exact) mass is 359 g/mol. The maximum Gasteiger partial charge on any atom is 0.241 e. The van der Waals surface area contributed by atoms with E-state index >= 15 is 0 Å². The molecule has 1 saturated carbocycles. The van der Waals surface area contributed by atoms with E-state index in [0.29, 0.717) is 32.5 Å². The van der Waals surface area contributed by atoms with Crippen molar-refractivity contribution in [1.82, 2.24) is 4.72 Å². The number of hydrogen-bond acceptors (Lipinski definition) is 5. The highest BCUT2D eigenvalue weighted by atomic mass is 32.2. The van der Waals surface area contributed by atoms with E-state index in [1.54, 1.807) is 0 Å². The number of sulfonamides is 1. The first kappa shape index (κ1) is 17.6. The Morgan fingerprint density at radius 2 is 2.04 bits per heavy atom. The summed E-state index contributed by atoms with van der Waals surface area (Å²) in [6, 6.07) is 2.27. The van der Waals surface area contributed by atoms with Crippen LogP contribution in [0.3, 0.4) is 0 Å². The molecule has 24 heavy (non-hydrogen) atoms. The molecule has 1 saturated heterocycles. The lowest BCUT2D eigenvalue weighted by Gasteiger charge is -2.55. The summed E-state index contributed by atoms with van der Waals surface area (Å²) < 4.78 is 52.4. The summed E-state index contributed by atoms with van der Waals surface area (Å²) >= 11 is 0. The minimum atomic E-state index is -3.89. The molecule has 6 nitrogen and oxygen atoms in total. The highest BCUT2D eigenvalue weighted by Crippen LogP contribution is 2.49. The quantitative estimate of drug-likeness (QED) is 0.848. The Morgan fingerprint density at radius 1 is 1.38 bits per heavy atom. The van der Waals surface area contributed by atoms with Crippen LogP contribution in [-0.4, -0.2) is 46.0 Å². The van der Waals surface area contributed by atoms with E-state index in [2.05, 4.69) is 4.72 Å². The molecular formula is C16H22FNO5S. The Hall–Kier alpha value is -1.22. The van der Waals surface area contributed by atoms with E-state index in [0.717, 1.165) is 0 Å². The van der Waals surface area contributed by atoms with Gasteiger partial charge in [0.05, 0.1) is 18.1 Å². The number of nitrogens with one attached hydrogen (secondary N) is 1. The third-order valence-electron chi connectivity index (χ3n) is 5.35. The Balaban J connectivity index is 1.86. The van der Waals surface area contributed by atoms with Crippen LogP contribution >= 0.6 is 0 Å². The first-order valence-corrected chi connectivity index (χ1v) is 9.41. The van der Waals surface area contributed by atoms with Crippen molar-refractivity contribution in [2.45, 2.75) is 43.2 Å². The summed E-state index contributed by atoms with van der Waals surface area (Å²) in [5.41, 5.74) is -0.465. The Labute approximate surface area is 141 Å². The molecule has 1 aromatic rings. The van der Waals surface area contributed by atoms with E-state index in [9.17, 15) is 17.9 Å². The fourth-order valence-electron chi connectivity index (χ4n) is 3.71. The molecular weight excluding hydrogens is 337 g/mol. The molecule has 8 heteroatoms. The minimum absolute atomic E-state index is 0.00594. The molecule has 134 valence electrons. The summed E-state index contributed by atoms with van der Waals surface area (Å²) in [4.78, 5) is -0.107. The van der Waals surface area contributed by atoms with Gasteiger partial charge in [0.15, 0.2) is 11.6 Å². The van der Waals surface area contributed by atoms with Crippen molar-refractivity contribution in [2.24, 2.45) is 5.41 Å². The molecule has 0 bridgehead atoms. The predicted molar refractivity (Wildman–Crippen MR) is 84.9 cm³/mol. The zero-order chi connectivity index (χ0) is 17.5. The Morgan fingerprint density at radius 3 is 2.62 bits per heavy atom. The van der Waals surface area contributed by atoms with Crippen molar-refractivity contribution in [3.05, 3.63) is 23.5 Å². The highest BCUT2D eigenvalue weighted by Gasteiger charge is 2.56. The lowest BCUT2D eigenvalue weighted by Crippen LogP contribution is -2.65. The van der Waals surface area contributed by atoms with Gasteiger partial charge in [0.1, 0.15) is 0 Å². The van der Waals surface area contributed by atoms with Gasteiger partial charge in [0, 0.05) is 30.2 Å². The number of rotatable bonds is 4. The molecule has 1 aliphatic heterocycles. The maximum atomic E-state index is 14.2. The molecule has 2 fully saturated rings. The van der Waals surface area contributed by atoms with Crippen LogP contribution in [0.15, 0.2) is 17.0 Å². The molecule has 2 atom stereocenters. The van der Waals surface area contributed by atoms with Gasteiger partial charge in [-0.3, -0.25) is 0 Å².